The Hall–Kier alpha value is -1.76. The molecule has 94 valence electrons. The molecule has 0 aliphatic heterocycles. The standard InChI is InChI=1S/C10H11F3N2O2/c11-10(12,13)7-1-3-8(4-2-7)17-6-5-9(16)15-14/h1-4H,5-6,14H2,(H,15,16). The second kappa shape index (κ2) is 5.53. The van der Waals surface area contributed by atoms with E-state index in [-0.39, 0.29) is 18.8 Å². The van der Waals surface area contributed by atoms with Gasteiger partial charge in [-0.2, -0.15) is 13.2 Å². The first-order valence-corrected chi connectivity index (χ1v) is 4.73. The zero-order valence-corrected chi connectivity index (χ0v) is 8.75. The van der Waals surface area contributed by atoms with E-state index in [9.17, 15) is 18.0 Å². The lowest BCUT2D eigenvalue weighted by Gasteiger charge is -2.08. The molecular weight excluding hydrogens is 237 g/mol. The van der Waals surface area contributed by atoms with Crippen molar-refractivity contribution in [3.63, 3.8) is 0 Å². The molecule has 0 heterocycles. The Bertz CT molecular complexity index is 376. The van der Waals surface area contributed by atoms with E-state index < -0.39 is 17.6 Å². The largest absolute Gasteiger partial charge is 0.493 e. The molecule has 0 radical (unpaired) electrons. The summed E-state index contributed by atoms with van der Waals surface area (Å²) in [7, 11) is 0. The van der Waals surface area contributed by atoms with E-state index in [1.54, 1.807) is 0 Å². The number of nitrogens with two attached hydrogens (primary N) is 1. The predicted molar refractivity (Wildman–Crippen MR) is 53.9 cm³/mol. The van der Waals surface area contributed by atoms with Crippen LogP contribution < -0.4 is 16.0 Å². The van der Waals surface area contributed by atoms with Crippen molar-refractivity contribution in [2.75, 3.05) is 6.61 Å². The third kappa shape index (κ3) is 4.31. The van der Waals surface area contributed by atoms with Crippen molar-refractivity contribution in [1.29, 1.82) is 0 Å². The van der Waals surface area contributed by atoms with Crippen LogP contribution in [0.4, 0.5) is 13.2 Å². The smallest absolute Gasteiger partial charge is 0.416 e. The summed E-state index contributed by atoms with van der Waals surface area (Å²) in [5.41, 5.74) is 1.17. The molecule has 1 amide bonds. The van der Waals surface area contributed by atoms with Crippen LogP contribution >= 0.6 is 0 Å². The van der Waals surface area contributed by atoms with Gasteiger partial charge in [-0.05, 0) is 24.3 Å². The SMILES string of the molecule is NNC(=O)CCOc1ccc(C(F)(F)F)cc1. The van der Waals surface area contributed by atoms with Crippen molar-refractivity contribution in [3.05, 3.63) is 29.8 Å². The molecule has 0 bridgehead atoms. The highest BCUT2D eigenvalue weighted by Gasteiger charge is 2.29. The lowest BCUT2D eigenvalue weighted by molar-refractivity contribution is -0.137. The van der Waals surface area contributed by atoms with Crippen LogP contribution in [0.1, 0.15) is 12.0 Å². The Kier molecular flexibility index (Phi) is 4.33. The van der Waals surface area contributed by atoms with Crippen LogP contribution in [0.2, 0.25) is 0 Å². The third-order valence-corrected chi connectivity index (χ3v) is 1.94. The van der Waals surface area contributed by atoms with Gasteiger partial charge in [-0.3, -0.25) is 10.2 Å². The van der Waals surface area contributed by atoms with E-state index in [1.165, 1.54) is 12.1 Å². The molecule has 4 nitrogen and oxygen atoms in total. The number of alkyl halides is 3. The van der Waals surface area contributed by atoms with Crippen molar-refractivity contribution in [2.45, 2.75) is 12.6 Å². The molecule has 0 fully saturated rings. The molecule has 0 aliphatic rings. The summed E-state index contributed by atoms with van der Waals surface area (Å²) in [5.74, 6) is 4.70. The van der Waals surface area contributed by atoms with Gasteiger partial charge in [-0.15, -0.1) is 0 Å². The molecule has 1 rings (SSSR count). The number of ether oxygens (including phenoxy) is 1. The fourth-order valence-corrected chi connectivity index (χ4v) is 1.07. The van der Waals surface area contributed by atoms with Gasteiger partial charge in [0, 0.05) is 0 Å². The van der Waals surface area contributed by atoms with Crippen molar-refractivity contribution >= 4 is 5.91 Å². The maximum atomic E-state index is 12.2. The van der Waals surface area contributed by atoms with Crippen molar-refractivity contribution in [1.82, 2.24) is 5.43 Å². The number of rotatable bonds is 4. The number of hydrogen-bond acceptors (Lipinski definition) is 3. The molecule has 0 saturated heterocycles. The van der Waals surface area contributed by atoms with E-state index in [0.717, 1.165) is 12.1 Å². The summed E-state index contributed by atoms with van der Waals surface area (Å²) in [6.45, 7) is 0.0500. The average molecular weight is 248 g/mol. The molecular formula is C10H11F3N2O2. The fraction of sp³-hybridized carbons (Fsp3) is 0.300. The topological polar surface area (TPSA) is 64.3 Å². The van der Waals surface area contributed by atoms with Crippen LogP contribution in [0.15, 0.2) is 24.3 Å². The van der Waals surface area contributed by atoms with Crippen LogP contribution in [-0.2, 0) is 11.0 Å². The van der Waals surface area contributed by atoms with Gasteiger partial charge in [0.1, 0.15) is 5.75 Å². The molecule has 0 unspecified atom stereocenters. The minimum Gasteiger partial charge on any atom is -0.493 e. The Labute approximate surface area is 95.5 Å². The monoisotopic (exact) mass is 248 g/mol. The van der Waals surface area contributed by atoms with Crippen LogP contribution in [0.3, 0.4) is 0 Å². The van der Waals surface area contributed by atoms with E-state index in [1.807, 2.05) is 5.43 Å². The van der Waals surface area contributed by atoms with Gasteiger partial charge in [-0.1, -0.05) is 0 Å². The minimum atomic E-state index is -4.36. The average Bonchev–Trinajstić information content (AvgIpc) is 2.28. The summed E-state index contributed by atoms with van der Waals surface area (Å²) in [6.07, 6.45) is -4.32. The zero-order chi connectivity index (χ0) is 12.9. The third-order valence-electron chi connectivity index (χ3n) is 1.94. The lowest BCUT2D eigenvalue weighted by Crippen LogP contribution is -2.31. The minimum absolute atomic E-state index is 0.0392. The molecule has 17 heavy (non-hydrogen) atoms. The Balaban J connectivity index is 2.49. The Morgan fingerprint density at radius 3 is 2.35 bits per heavy atom. The van der Waals surface area contributed by atoms with Crippen LogP contribution in [0.5, 0.6) is 5.75 Å². The highest BCUT2D eigenvalue weighted by atomic mass is 19.4. The summed E-state index contributed by atoms with van der Waals surface area (Å²) < 4.78 is 41.7. The van der Waals surface area contributed by atoms with Crippen molar-refractivity contribution < 1.29 is 22.7 Å². The van der Waals surface area contributed by atoms with E-state index in [0.29, 0.717) is 0 Å². The molecule has 0 aromatic heterocycles. The van der Waals surface area contributed by atoms with Gasteiger partial charge in [0.05, 0.1) is 18.6 Å². The number of benzene rings is 1. The van der Waals surface area contributed by atoms with Gasteiger partial charge in [0.2, 0.25) is 5.91 Å². The number of hydrazine groups is 1. The van der Waals surface area contributed by atoms with Gasteiger partial charge >= 0.3 is 6.18 Å². The summed E-state index contributed by atoms with van der Waals surface area (Å²) >= 11 is 0. The number of halogens is 3. The molecule has 7 heteroatoms. The number of nitrogens with one attached hydrogen (secondary N) is 1. The van der Waals surface area contributed by atoms with Crippen LogP contribution in [0, 0.1) is 0 Å². The fourth-order valence-electron chi connectivity index (χ4n) is 1.07. The van der Waals surface area contributed by atoms with Gasteiger partial charge in [-0.25, -0.2) is 5.84 Å². The van der Waals surface area contributed by atoms with E-state index in [4.69, 9.17) is 10.6 Å². The first-order valence-electron chi connectivity index (χ1n) is 4.73. The lowest BCUT2D eigenvalue weighted by atomic mass is 10.2. The molecule has 3 N–H and O–H groups in total. The number of hydrogen-bond donors (Lipinski definition) is 2. The summed E-state index contributed by atoms with van der Waals surface area (Å²) in [5, 5.41) is 0. The molecule has 0 aliphatic carbocycles. The Morgan fingerprint density at radius 2 is 1.88 bits per heavy atom. The number of carbonyl (C=O) groups excluding carboxylic acids is 1. The first-order chi connectivity index (χ1) is 7.93. The summed E-state index contributed by atoms with van der Waals surface area (Å²) in [6, 6.07) is 4.23. The van der Waals surface area contributed by atoms with E-state index >= 15 is 0 Å². The molecule has 0 spiro atoms. The summed E-state index contributed by atoms with van der Waals surface area (Å²) in [4.78, 5) is 10.7. The highest BCUT2D eigenvalue weighted by molar-refractivity contribution is 5.75. The second-order valence-electron chi connectivity index (χ2n) is 3.19. The van der Waals surface area contributed by atoms with Crippen molar-refractivity contribution in [2.24, 2.45) is 5.84 Å². The van der Waals surface area contributed by atoms with Crippen LogP contribution in [-0.4, -0.2) is 12.5 Å². The number of carbonyl (C=O) groups is 1. The quantitative estimate of drug-likeness (QED) is 0.481. The first kappa shape index (κ1) is 13.3. The highest BCUT2D eigenvalue weighted by Crippen LogP contribution is 2.30. The van der Waals surface area contributed by atoms with Gasteiger partial charge in [0.25, 0.3) is 0 Å². The van der Waals surface area contributed by atoms with Crippen LogP contribution in [0.25, 0.3) is 0 Å². The molecule has 0 saturated carbocycles. The Morgan fingerprint density at radius 1 is 1.29 bits per heavy atom. The van der Waals surface area contributed by atoms with Gasteiger partial charge in [0.15, 0.2) is 0 Å². The van der Waals surface area contributed by atoms with Gasteiger partial charge < -0.3 is 4.74 Å². The molecule has 1 aromatic carbocycles. The molecule has 0 atom stereocenters. The zero-order valence-electron chi connectivity index (χ0n) is 8.75. The predicted octanol–water partition coefficient (Wildman–Crippen LogP) is 1.46. The van der Waals surface area contributed by atoms with E-state index in [2.05, 4.69) is 0 Å². The van der Waals surface area contributed by atoms with Crippen molar-refractivity contribution in [3.8, 4) is 5.75 Å². The maximum Gasteiger partial charge on any atom is 0.416 e. The maximum absolute atomic E-state index is 12.2. The second-order valence-corrected chi connectivity index (χ2v) is 3.19. The normalized spacial score (nSPS) is 11.1. The molecule has 1 aromatic rings. The number of amides is 1.